The largest absolute Gasteiger partial charge is 0.206 e. The second kappa shape index (κ2) is 6.66. The first-order valence-electron chi connectivity index (χ1n) is 9.64. The second-order valence-corrected chi connectivity index (χ2v) is 8.05. The van der Waals surface area contributed by atoms with Crippen LogP contribution in [0.3, 0.4) is 0 Å². The molecule has 4 atom stereocenters. The maximum Gasteiger partial charge on any atom is 0.169 e. The molecule has 0 radical (unpaired) electrons. The van der Waals surface area contributed by atoms with Crippen LogP contribution >= 0.6 is 0 Å². The van der Waals surface area contributed by atoms with Crippen LogP contribution in [0.15, 0.2) is 24.3 Å². The fraction of sp³-hybridized carbons (Fsp3) is 0.545. The van der Waals surface area contributed by atoms with Gasteiger partial charge in [-0.1, -0.05) is 38.0 Å². The Morgan fingerprint density at radius 3 is 2.36 bits per heavy atom. The standard InChI is InChI=1S/C22H25F3/c1-2-13-3-4-16-12-17(6-5-15(16)11-13)18-9-7-14-8-10-19(23)22(25)20(14)21(18)24/h7-10,13,15-17H,2-6,11-12H2,1H3. The molecule has 2 aromatic rings. The van der Waals surface area contributed by atoms with Crippen LogP contribution in [-0.2, 0) is 0 Å². The van der Waals surface area contributed by atoms with Gasteiger partial charge in [-0.05, 0) is 72.8 Å². The Balaban J connectivity index is 1.63. The molecule has 2 aliphatic rings. The van der Waals surface area contributed by atoms with Crippen molar-refractivity contribution in [2.45, 2.75) is 57.8 Å². The molecule has 4 rings (SSSR count). The average molecular weight is 346 g/mol. The Labute approximate surface area is 147 Å². The van der Waals surface area contributed by atoms with E-state index in [4.69, 9.17) is 0 Å². The van der Waals surface area contributed by atoms with Gasteiger partial charge in [0.25, 0.3) is 0 Å². The van der Waals surface area contributed by atoms with Gasteiger partial charge in [-0.25, -0.2) is 13.2 Å². The first-order chi connectivity index (χ1) is 12.1. The number of rotatable bonds is 2. The van der Waals surface area contributed by atoms with E-state index in [-0.39, 0.29) is 11.3 Å². The molecule has 2 fully saturated rings. The third-order valence-corrected chi connectivity index (χ3v) is 6.78. The van der Waals surface area contributed by atoms with E-state index in [1.807, 2.05) is 0 Å². The number of hydrogen-bond acceptors (Lipinski definition) is 0. The smallest absolute Gasteiger partial charge is 0.169 e. The van der Waals surface area contributed by atoms with Crippen molar-refractivity contribution < 1.29 is 13.2 Å². The lowest BCUT2D eigenvalue weighted by molar-refractivity contribution is 0.116. The maximum atomic E-state index is 15.0. The van der Waals surface area contributed by atoms with Crippen molar-refractivity contribution in [3.63, 3.8) is 0 Å². The fourth-order valence-electron chi connectivity index (χ4n) is 5.28. The van der Waals surface area contributed by atoms with Gasteiger partial charge in [0.05, 0.1) is 5.39 Å². The van der Waals surface area contributed by atoms with Crippen LogP contribution in [0.1, 0.15) is 63.4 Å². The Morgan fingerprint density at radius 1 is 0.840 bits per heavy atom. The van der Waals surface area contributed by atoms with E-state index >= 15 is 4.39 Å². The molecule has 0 N–H and O–H groups in total. The molecule has 0 aromatic heterocycles. The summed E-state index contributed by atoms with van der Waals surface area (Å²) in [5, 5.41) is 0.242. The Hall–Kier alpha value is -1.51. The van der Waals surface area contributed by atoms with Gasteiger partial charge in [0.2, 0.25) is 0 Å². The monoisotopic (exact) mass is 346 g/mol. The van der Waals surface area contributed by atoms with Crippen molar-refractivity contribution in [2.24, 2.45) is 17.8 Å². The van der Waals surface area contributed by atoms with Gasteiger partial charge in [0, 0.05) is 0 Å². The Bertz CT molecular complexity index is 782. The molecule has 0 amide bonds. The van der Waals surface area contributed by atoms with Crippen LogP contribution in [0.2, 0.25) is 0 Å². The molecule has 0 nitrogen and oxygen atoms in total. The lowest BCUT2D eigenvalue weighted by Crippen LogP contribution is -2.30. The predicted molar refractivity (Wildman–Crippen MR) is 95.0 cm³/mol. The number of benzene rings is 2. The summed E-state index contributed by atoms with van der Waals surface area (Å²) in [5.41, 5.74) is 0.577. The average Bonchev–Trinajstić information content (AvgIpc) is 2.64. The molecule has 134 valence electrons. The number of halogens is 3. The van der Waals surface area contributed by atoms with E-state index < -0.39 is 17.5 Å². The minimum Gasteiger partial charge on any atom is -0.206 e. The van der Waals surface area contributed by atoms with Crippen LogP contribution in [-0.4, -0.2) is 0 Å². The summed E-state index contributed by atoms with van der Waals surface area (Å²) < 4.78 is 42.7. The van der Waals surface area contributed by atoms with Crippen LogP contribution in [0.4, 0.5) is 13.2 Å². The summed E-state index contributed by atoms with van der Waals surface area (Å²) in [6.45, 7) is 2.27. The first kappa shape index (κ1) is 16.9. The van der Waals surface area contributed by atoms with E-state index in [1.165, 1.54) is 31.7 Å². The lowest BCUT2D eigenvalue weighted by Gasteiger charge is -2.42. The summed E-state index contributed by atoms with van der Waals surface area (Å²) in [6, 6.07) is 6.03. The molecule has 2 saturated carbocycles. The van der Waals surface area contributed by atoms with E-state index in [1.54, 1.807) is 12.1 Å². The molecule has 0 aliphatic heterocycles. The lowest BCUT2D eigenvalue weighted by atomic mass is 9.63. The molecule has 0 heterocycles. The zero-order chi connectivity index (χ0) is 17.6. The fourth-order valence-corrected chi connectivity index (χ4v) is 5.28. The van der Waals surface area contributed by atoms with Gasteiger partial charge < -0.3 is 0 Å². The molecule has 2 aliphatic carbocycles. The first-order valence-corrected chi connectivity index (χ1v) is 9.64. The van der Waals surface area contributed by atoms with Gasteiger partial charge >= 0.3 is 0 Å². The van der Waals surface area contributed by atoms with E-state index in [0.29, 0.717) is 16.9 Å². The molecule has 0 spiro atoms. The van der Waals surface area contributed by atoms with Crippen LogP contribution < -0.4 is 0 Å². The molecule has 3 heteroatoms. The van der Waals surface area contributed by atoms with Gasteiger partial charge in [-0.2, -0.15) is 0 Å². The van der Waals surface area contributed by atoms with Crippen molar-refractivity contribution in [2.75, 3.05) is 0 Å². The number of fused-ring (bicyclic) bond motifs is 2. The highest BCUT2D eigenvalue weighted by molar-refractivity contribution is 5.84. The van der Waals surface area contributed by atoms with E-state index in [2.05, 4.69) is 6.92 Å². The second-order valence-electron chi connectivity index (χ2n) is 8.05. The minimum atomic E-state index is -1.06. The quantitative estimate of drug-likeness (QED) is 0.551. The molecule has 25 heavy (non-hydrogen) atoms. The van der Waals surface area contributed by atoms with Crippen LogP contribution in [0.25, 0.3) is 10.8 Å². The number of hydrogen-bond donors (Lipinski definition) is 0. The van der Waals surface area contributed by atoms with Crippen molar-refractivity contribution >= 4 is 10.8 Å². The molecule has 0 bridgehead atoms. The van der Waals surface area contributed by atoms with Gasteiger partial charge in [0.15, 0.2) is 11.6 Å². The zero-order valence-corrected chi connectivity index (χ0v) is 14.7. The third kappa shape index (κ3) is 2.96. The highest BCUT2D eigenvalue weighted by atomic mass is 19.2. The highest BCUT2D eigenvalue weighted by Crippen LogP contribution is 2.48. The summed E-state index contributed by atoms with van der Waals surface area (Å²) in [4.78, 5) is 0. The van der Waals surface area contributed by atoms with E-state index in [9.17, 15) is 8.78 Å². The molecular weight excluding hydrogens is 321 g/mol. The van der Waals surface area contributed by atoms with Crippen molar-refractivity contribution in [1.29, 1.82) is 0 Å². The topological polar surface area (TPSA) is 0 Å². The van der Waals surface area contributed by atoms with Crippen molar-refractivity contribution in [1.82, 2.24) is 0 Å². The zero-order valence-electron chi connectivity index (χ0n) is 14.7. The SMILES string of the molecule is CCC1CCC2CC(c3ccc4ccc(F)c(F)c4c3F)CCC2C1. The normalized spacial score (nSPS) is 29.6. The maximum absolute atomic E-state index is 15.0. The Morgan fingerprint density at radius 2 is 1.56 bits per heavy atom. The molecular formula is C22H25F3. The third-order valence-electron chi connectivity index (χ3n) is 6.78. The van der Waals surface area contributed by atoms with Crippen LogP contribution in [0, 0.1) is 35.2 Å². The minimum absolute atomic E-state index is 0.131. The van der Waals surface area contributed by atoms with Crippen LogP contribution in [0.5, 0.6) is 0 Å². The van der Waals surface area contributed by atoms with Crippen molar-refractivity contribution in [3.8, 4) is 0 Å². The highest BCUT2D eigenvalue weighted by Gasteiger charge is 2.36. The van der Waals surface area contributed by atoms with Gasteiger partial charge in [-0.15, -0.1) is 0 Å². The summed E-state index contributed by atoms with van der Waals surface area (Å²) in [6.07, 6.45) is 8.17. The van der Waals surface area contributed by atoms with E-state index in [0.717, 1.165) is 37.2 Å². The van der Waals surface area contributed by atoms with Gasteiger partial charge in [0.1, 0.15) is 5.82 Å². The van der Waals surface area contributed by atoms with Gasteiger partial charge in [-0.3, -0.25) is 0 Å². The summed E-state index contributed by atoms with van der Waals surface area (Å²) >= 11 is 0. The summed E-state index contributed by atoms with van der Waals surface area (Å²) in [7, 11) is 0. The molecule has 0 saturated heterocycles. The summed E-state index contributed by atoms with van der Waals surface area (Å²) in [5.74, 6) is -0.181. The van der Waals surface area contributed by atoms with Crippen molar-refractivity contribution in [3.05, 3.63) is 47.3 Å². The Kier molecular flexibility index (Phi) is 4.51. The predicted octanol–water partition coefficient (Wildman–Crippen LogP) is 6.97. The molecule has 4 unspecified atom stereocenters. The molecule has 2 aromatic carbocycles.